The quantitative estimate of drug-likeness (QED) is 0.181. The van der Waals surface area contributed by atoms with Gasteiger partial charge in [-0.05, 0) is 110 Å². The molecule has 0 radical (unpaired) electrons. The molecule has 3 heteroatoms. The second-order valence-electron chi connectivity index (χ2n) is 15.9. The highest BCUT2D eigenvalue weighted by Crippen LogP contribution is 2.63. The van der Waals surface area contributed by atoms with Crippen LogP contribution in [-0.2, 0) is 10.8 Å². The van der Waals surface area contributed by atoms with Crippen molar-refractivity contribution in [2.75, 3.05) is 4.90 Å². The van der Waals surface area contributed by atoms with Gasteiger partial charge in [-0.15, -0.1) is 0 Å². The molecule has 1 aliphatic heterocycles. The van der Waals surface area contributed by atoms with E-state index in [1.165, 1.54) is 66.9 Å². The number of anilines is 3. The first-order valence-corrected chi connectivity index (χ1v) is 19.6. The maximum absolute atomic E-state index is 5.55. The molecule has 0 fully saturated rings. The number of hydrogen-bond donors (Lipinski definition) is 0. The van der Waals surface area contributed by atoms with Gasteiger partial charge in [-0.2, -0.15) is 0 Å². The molecule has 2 aliphatic carbocycles. The van der Waals surface area contributed by atoms with Crippen molar-refractivity contribution < 1.29 is 0 Å². The summed E-state index contributed by atoms with van der Waals surface area (Å²) in [6.45, 7) is 4.77. The number of benzene rings is 8. The minimum absolute atomic E-state index is 0.196. The van der Waals surface area contributed by atoms with Crippen LogP contribution in [0, 0.1) is 0 Å². The van der Waals surface area contributed by atoms with Crippen molar-refractivity contribution in [1.29, 1.82) is 0 Å². The molecule has 8 aromatic carbocycles. The number of rotatable bonds is 4. The normalized spacial score (nSPS) is 14.5. The number of para-hydroxylation sites is 3. The molecule has 0 N–H and O–H groups in total. The third-order valence-electron chi connectivity index (χ3n) is 12.8. The molecular weight excluding hydrogens is 679 g/mol. The van der Waals surface area contributed by atoms with Crippen LogP contribution < -0.4 is 4.90 Å². The van der Waals surface area contributed by atoms with Crippen LogP contribution in [0.2, 0.25) is 0 Å². The molecule has 3 nitrogen and oxygen atoms in total. The molecule has 9 aromatic rings. The average molecular weight is 716 g/mol. The van der Waals surface area contributed by atoms with Gasteiger partial charge < -0.3 is 4.90 Å². The highest BCUT2D eigenvalue weighted by atomic mass is 15.2. The Morgan fingerprint density at radius 2 is 1.07 bits per heavy atom. The Morgan fingerprint density at radius 3 is 1.82 bits per heavy atom. The Morgan fingerprint density at radius 1 is 0.464 bits per heavy atom. The number of imidazole rings is 1. The van der Waals surface area contributed by atoms with Gasteiger partial charge in [-0.25, -0.2) is 4.98 Å². The van der Waals surface area contributed by atoms with E-state index in [2.05, 4.69) is 211 Å². The summed E-state index contributed by atoms with van der Waals surface area (Å²) in [4.78, 5) is 8.04. The number of hydrogen-bond acceptors (Lipinski definition) is 2. The zero-order chi connectivity index (χ0) is 37.2. The van der Waals surface area contributed by atoms with Crippen molar-refractivity contribution in [3.05, 3.63) is 222 Å². The first kappa shape index (κ1) is 31.4. The molecule has 0 saturated heterocycles. The van der Waals surface area contributed by atoms with Crippen molar-refractivity contribution >= 4 is 28.1 Å². The Bertz CT molecular complexity index is 3020. The summed E-state index contributed by atoms with van der Waals surface area (Å²) in [6, 6.07) is 69.2. The summed E-state index contributed by atoms with van der Waals surface area (Å²) in [5.41, 5.74) is 20.0. The number of nitrogens with zero attached hydrogens (tertiary/aromatic N) is 3. The number of fused-ring (bicyclic) bond motifs is 15. The van der Waals surface area contributed by atoms with E-state index in [-0.39, 0.29) is 5.41 Å². The predicted molar refractivity (Wildman–Crippen MR) is 230 cm³/mol. The van der Waals surface area contributed by atoms with Crippen molar-refractivity contribution in [2.24, 2.45) is 0 Å². The third kappa shape index (κ3) is 3.99. The maximum Gasteiger partial charge on any atom is 0.134 e. The van der Waals surface area contributed by atoms with Gasteiger partial charge >= 0.3 is 0 Å². The second kappa shape index (κ2) is 11.3. The van der Waals surface area contributed by atoms with Crippen molar-refractivity contribution in [1.82, 2.24) is 9.55 Å². The monoisotopic (exact) mass is 715 g/mol. The second-order valence-corrected chi connectivity index (χ2v) is 15.9. The Kier molecular flexibility index (Phi) is 6.32. The summed E-state index contributed by atoms with van der Waals surface area (Å²) in [6.07, 6.45) is 0. The minimum Gasteiger partial charge on any atom is -0.310 e. The summed E-state index contributed by atoms with van der Waals surface area (Å²) in [7, 11) is 0. The molecule has 12 rings (SSSR count). The summed E-state index contributed by atoms with van der Waals surface area (Å²) in [5, 5.41) is 0. The smallest absolute Gasteiger partial charge is 0.134 e. The van der Waals surface area contributed by atoms with Crippen molar-refractivity contribution in [3.8, 4) is 39.1 Å². The van der Waals surface area contributed by atoms with Crippen molar-refractivity contribution in [3.63, 3.8) is 0 Å². The maximum atomic E-state index is 5.55. The van der Waals surface area contributed by atoms with Gasteiger partial charge in [0.15, 0.2) is 0 Å². The molecule has 3 aliphatic rings. The van der Waals surface area contributed by atoms with Gasteiger partial charge in [-0.3, -0.25) is 4.57 Å². The lowest BCUT2D eigenvalue weighted by atomic mass is 9.72. The molecule has 264 valence electrons. The Labute approximate surface area is 326 Å². The molecule has 1 aromatic heterocycles. The van der Waals surface area contributed by atoms with E-state index in [1.807, 2.05) is 0 Å². The van der Waals surface area contributed by atoms with Crippen LogP contribution in [0.5, 0.6) is 0 Å². The average Bonchev–Trinajstić information content (AvgIpc) is 3.94. The first-order chi connectivity index (χ1) is 27.5. The van der Waals surface area contributed by atoms with Crippen LogP contribution in [0.25, 0.3) is 50.1 Å². The zero-order valence-electron chi connectivity index (χ0n) is 31.2. The van der Waals surface area contributed by atoms with E-state index in [0.29, 0.717) is 0 Å². The zero-order valence-corrected chi connectivity index (χ0v) is 31.2. The largest absolute Gasteiger partial charge is 0.310 e. The third-order valence-corrected chi connectivity index (χ3v) is 12.8. The Hall–Kier alpha value is -6.97. The summed E-state index contributed by atoms with van der Waals surface area (Å²) >= 11 is 0. The van der Waals surface area contributed by atoms with E-state index in [4.69, 9.17) is 4.98 Å². The van der Waals surface area contributed by atoms with Gasteiger partial charge in [0, 0.05) is 22.4 Å². The number of aromatic nitrogens is 2. The van der Waals surface area contributed by atoms with Crippen LogP contribution >= 0.6 is 0 Å². The highest BCUT2D eigenvalue weighted by molar-refractivity contribution is 5.96. The highest BCUT2D eigenvalue weighted by Gasteiger charge is 2.56. The summed E-state index contributed by atoms with van der Waals surface area (Å²) in [5.74, 6) is 1.05. The van der Waals surface area contributed by atoms with Crippen LogP contribution in [0.4, 0.5) is 17.1 Å². The first-order valence-electron chi connectivity index (χ1n) is 19.6. The molecule has 0 amide bonds. The molecule has 0 atom stereocenters. The van der Waals surface area contributed by atoms with Gasteiger partial charge in [-0.1, -0.05) is 147 Å². The molecular formula is C53H37N3. The molecule has 56 heavy (non-hydrogen) atoms. The fourth-order valence-electron chi connectivity index (χ4n) is 10.3. The minimum atomic E-state index is -0.634. The van der Waals surface area contributed by atoms with Crippen LogP contribution in [0.15, 0.2) is 188 Å². The van der Waals surface area contributed by atoms with E-state index in [0.717, 1.165) is 33.9 Å². The molecule has 0 saturated carbocycles. The lowest BCUT2D eigenvalue weighted by molar-refractivity contribution is 0.660. The fourth-order valence-corrected chi connectivity index (χ4v) is 10.3. The van der Waals surface area contributed by atoms with Gasteiger partial charge in [0.05, 0.1) is 22.4 Å². The van der Waals surface area contributed by atoms with E-state index in [1.54, 1.807) is 0 Å². The predicted octanol–water partition coefficient (Wildman–Crippen LogP) is 13.1. The lowest BCUT2D eigenvalue weighted by Crippen LogP contribution is -2.29. The summed E-state index contributed by atoms with van der Waals surface area (Å²) < 4.78 is 2.43. The van der Waals surface area contributed by atoms with Gasteiger partial charge in [0.25, 0.3) is 0 Å². The topological polar surface area (TPSA) is 21.1 Å². The Balaban J connectivity index is 1.13. The van der Waals surface area contributed by atoms with E-state index < -0.39 is 5.41 Å². The molecule has 2 heterocycles. The SMILES string of the molecule is CC1(C)c2cc(-c3ccccc3)ccc2-c2ccc(N(c3ccccc3)c3cccc4c3C3(c5ccccc5-c5ccccc53)c3nc5ccccc5n3-4)cc21. The van der Waals surface area contributed by atoms with E-state index >= 15 is 0 Å². The molecule has 0 bridgehead atoms. The fraction of sp³-hybridized carbons (Fsp3) is 0.0755. The lowest BCUT2D eigenvalue weighted by Gasteiger charge is -2.34. The van der Waals surface area contributed by atoms with Gasteiger partial charge in [0.1, 0.15) is 11.2 Å². The van der Waals surface area contributed by atoms with Crippen LogP contribution in [0.3, 0.4) is 0 Å². The van der Waals surface area contributed by atoms with Crippen molar-refractivity contribution in [2.45, 2.75) is 24.7 Å². The van der Waals surface area contributed by atoms with Crippen LogP contribution in [-0.4, -0.2) is 9.55 Å². The molecule has 1 spiro atoms. The standard InChI is InChI=1S/C53H37N3/c1-52(2)44-32-35(34-16-5-3-6-17-34)28-30-40(44)41-31-29-37(33-45(41)52)55(36-18-7-4-8-19-36)48-26-15-27-49-50(48)53(51-54-46-24-13-14-25-47(46)56(49)51)42-22-11-9-20-38(42)39-21-10-12-23-43(39)53/h3-33H,1-2H3. The van der Waals surface area contributed by atoms with Crippen LogP contribution in [0.1, 0.15) is 47.5 Å². The van der Waals surface area contributed by atoms with Gasteiger partial charge in [0.2, 0.25) is 0 Å². The van der Waals surface area contributed by atoms with E-state index in [9.17, 15) is 0 Å². The molecule has 0 unspecified atom stereocenters.